The number of fused-ring (bicyclic) bond motifs is 6. The van der Waals surface area contributed by atoms with Crippen molar-refractivity contribution in [1.82, 2.24) is 23.4 Å². The summed E-state index contributed by atoms with van der Waals surface area (Å²) in [5.41, 5.74) is 8.14. The molecule has 6 aromatic rings. The topological polar surface area (TPSA) is 90.1 Å². The predicted octanol–water partition coefficient (Wildman–Crippen LogP) is 5.67. The van der Waals surface area contributed by atoms with Crippen LogP contribution in [0.2, 0.25) is 0 Å². The third-order valence-corrected chi connectivity index (χ3v) is 10.4. The number of hydrogen-bond acceptors (Lipinski definition) is 5. The number of nitrogens with zero attached hydrogens (tertiary/aromatic N) is 5. The molecular formula is C34H29N5O3S. The zero-order chi connectivity index (χ0) is 29.5. The third kappa shape index (κ3) is 4.14. The molecule has 2 atom stereocenters. The first kappa shape index (κ1) is 26.1. The highest BCUT2D eigenvalue weighted by atomic mass is 32.2. The van der Waals surface area contributed by atoms with Crippen LogP contribution in [-0.4, -0.2) is 50.2 Å². The molecule has 8 nitrogen and oxygen atoms in total. The monoisotopic (exact) mass is 587 g/mol. The van der Waals surface area contributed by atoms with E-state index in [4.69, 9.17) is 0 Å². The van der Waals surface area contributed by atoms with Crippen LogP contribution in [0.25, 0.3) is 55.2 Å². The number of benzene rings is 3. The smallest absolute Gasteiger partial charge is 0.293 e. The lowest BCUT2D eigenvalue weighted by Crippen LogP contribution is -2.42. The third-order valence-electron chi connectivity index (χ3n) is 9.02. The van der Waals surface area contributed by atoms with E-state index in [2.05, 4.69) is 34.2 Å². The minimum absolute atomic E-state index is 0.00577. The lowest BCUT2D eigenvalue weighted by atomic mass is 9.96. The van der Waals surface area contributed by atoms with Crippen molar-refractivity contribution < 1.29 is 8.42 Å². The number of aryl methyl sites for hydroxylation is 1. The van der Waals surface area contributed by atoms with E-state index >= 15 is 0 Å². The van der Waals surface area contributed by atoms with Crippen LogP contribution in [0.4, 0.5) is 0 Å². The van der Waals surface area contributed by atoms with E-state index in [1.165, 1.54) is 6.26 Å². The second-order valence-corrected chi connectivity index (χ2v) is 13.5. The van der Waals surface area contributed by atoms with Crippen molar-refractivity contribution in [3.63, 3.8) is 0 Å². The fourth-order valence-corrected chi connectivity index (χ4v) is 8.37. The fourth-order valence-electron chi connectivity index (χ4n) is 6.99. The van der Waals surface area contributed by atoms with Crippen LogP contribution in [0.5, 0.6) is 0 Å². The maximum absolute atomic E-state index is 13.7. The van der Waals surface area contributed by atoms with Gasteiger partial charge in [-0.2, -0.15) is 4.31 Å². The Balaban J connectivity index is 1.23. The van der Waals surface area contributed by atoms with E-state index in [9.17, 15) is 13.2 Å². The Morgan fingerprint density at radius 1 is 0.837 bits per heavy atom. The van der Waals surface area contributed by atoms with Gasteiger partial charge in [0.2, 0.25) is 10.0 Å². The number of imidazole rings is 1. The molecule has 1 saturated heterocycles. The Hall–Kier alpha value is -4.60. The first-order valence-electron chi connectivity index (χ1n) is 14.4. The number of aromatic nitrogens is 4. The molecular weight excluding hydrogens is 558 g/mol. The van der Waals surface area contributed by atoms with Gasteiger partial charge in [-0.25, -0.2) is 13.2 Å². The number of sulfonamides is 1. The predicted molar refractivity (Wildman–Crippen MR) is 171 cm³/mol. The van der Waals surface area contributed by atoms with Crippen LogP contribution in [-0.2, 0) is 17.1 Å². The fraction of sp³-hybridized carbons (Fsp3) is 0.206. The number of hydrogen-bond donors (Lipinski definition) is 0. The highest BCUT2D eigenvalue weighted by Crippen LogP contribution is 2.40. The Labute approximate surface area is 248 Å². The molecule has 2 unspecified atom stereocenters. The zero-order valence-electron chi connectivity index (χ0n) is 23.8. The quantitative estimate of drug-likeness (QED) is 0.265. The summed E-state index contributed by atoms with van der Waals surface area (Å²) in [4.78, 5) is 23.0. The normalized spacial score (nSPS) is 19.0. The van der Waals surface area contributed by atoms with Gasteiger partial charge in [-0.15, -0.1) is 0 Å². The van der Waals surface area contributed by atoms with Crippen LogP contribution in [0.3, 0.4) is 0 Å². The molecule has 0 amide bonds. The summed E-state index contributed by atoms with van der Waals surface area (Å²) >= 11 is 0. The molecule has 0 radical (unpaired) electrons. The maximum atomic E-state index is 13.7. The van der Waals surface area contributed by atoms with Gasteiger partial charge in [-0.3, -0.25) is 19.1 Å². The molecule has 0 saturated carbocycles. The molecule has 43 heavy (non-hydrogen) atoms. The van der Waals surface area contributed by atoms with Crippen molar-refractivity contribution in [3.8, 4) is 16.8 Å². The van der Waals surface area contributed by atoms with Crippen molar-refractivity contribution in [2.24, 2.45) is 7.05 Å². The van der Waals surface area contributed by atoms with Gasteiger partial charge in [0.15, 0.2) is 0 Å². The van der Waals surface area contributed by atoms with Crippen molar-refractivity contribution >= 4 is 48.4 Å². The van der Waals surface area contributed by atoms with E-state index in [0.29, 0.717) is 6.42 Å². The van der Waals surface area contributed by atoms with Gasteiger partial charge < -0.3 is 0 Å². The highest BCUT2D eigenvalue weighted by Gasteiger charge is 2.41. The molecule has 3 aromatic heterocycles. The Morgan fingerprint density at radius 2 is 1.60 bits per heavy atom. The molecule has 2 bridgehead atoms. The van der Waals surface area contributed by atoms with Gasteiger partial charge in [0.25, 0.3) is 0 Å². The SMILES string of the molecule is Cn1c(=O)n(-c2ccc(C3=CC4CCC(C3)N4S(C)(=O)=O)cc2)c2c3cc(-c4cnc5ccccc5c4)ccc3ncc21. The molecule has 2 aliphatic rings. The second kappa shape index (κ2) is 9.45. The first-order valence-corrected chi connectivity index (χ1v) is 16.3. The average molecular weight is 588 g/mol. The molecule has 214 valence electrons. The van der Waals surface area contributed by atoms with Crippen molar-refractivity contribution in [2.75, 3.05) is 6.26 Å². The van der Waals surface area contributed by atoms with Gasteiger partial charge >= 0.3 is 5.69 Å². The average Bonchev–Trinajstić information content (AvgIpc) is 3.45. The van der Waals surface area contributed by atoms with Crippen molar-refractivity contribution in [2.45, 2.75) is 31.3 Å². The summed E-state index contributed by atoms with van der Waals surface area (Å²) in [6.07, 6.45) is 9.47. The number of para-hydroxylation sites is 1. The summed E-state index contributed by atoms with van der Waals surface area (Å²) in [6.45, 7) is 0. The molecule has 0 aliphatic carbocycles. The standard InChI is InChI=1S/C34H29N5O3S/c1-37-32-20-36-31-14-9-22(25-15-23-5-3-4-6-30(23)35-19-25)18-29(31)33(32)38(34(37)40)26-10-7-21(8-11-26)24-16-27-12-13-28(17-24)39(27)43(2,41)42/h3-11,14-16,18-20,27-28H,12-13,17H2,1-2H3. The van der Waals surface area contributed by atoms with Gasteiger partial charge in [-0.05, 0) is 72.4 Å². The molecule has 0 spiro atoms. The second-order valence-electron chi connectivity index (χ2n) is 11.7. The van der Waals surface area contributed by atoms with E-state index < -0.39 is 10.0 Å². The Kier molecular flexibility index (Phi) is 5.73. The number of pyridine rings is 2. The lowest BCUT2D eigenvalue weighted by molar-refractivity contribution is 0.348. The molecule has 8 rings (SSSR count). The number of rotatable bonds is 4. The summed E-state index contributed by atoms with van der Waals surface area (Å²) in [6, 6.07) is 24.3. The highest BCUT2D eigenvalue weighted by molar-refractivity contribution is 7.88. The van der Waals surface area contributed by atoms with Crippen LogP contribution in [0.1, 0.15) is 24.8 Å². The minimum Gasteiger partial charge on any atom is -0.293 e. The van der Waals surface area contributed by atoms with Crippen LogP contribution < -0.4 is 5.69 Å². The summed E-state index contributed by atoms with van der Waals surface area (Å²) in [5, 5.41) is 1.95. The van der Waals surface area contributed by atoms with Crippen molar-refractivity contribution in [1.29, 1.82) is 0 Å². The Morgan fingerprint density at radius 3 is 2.40 bits per heavy atom. The summed E-state index contributed by atoms with van der Waals surface area (Å²) < 4.78 is 29.7. The minimum atomic E-state index is -3.24. The van der Waals surface area contributed by atoms with Gasteiger partial charge in [-0.1, -0.05) is 42.5 Å². The van der Waals surface area contributed by atoms with Crippen LogP contribution in [0, 0.1) is 0 Å². The Bertz CT molecular complexity index is 2300. The van der Waals surface area contributed by atoms with Crippen molar-refractivity contribution in [3.05, 3.63) is 107 Å². The van der Waals surface area contributed by atoms with E-state index in [0.717, 1.165) is 73.6 Å². The molecule has 1 fully saturated rings. The van der Waals surface area contributed by atoms with Crippen LogP contribution >= 0.6 is 0 Å². The molecule has 5 heterocycles. The van der Waals surface area contributed by atoms with E-state index in [1.54, 1.807) is 26.7 Å². The molecule has 0 N–H and O–H groups in total. The maximum Gasteiger partial charge on any atom is 0.333 e. The summed E-state index contributed by atoms with van der Waals surface area (Å²) in [7, 11) is -1.47. The van der Waals surface area contributed by atoms with Gasteiger partial charge in [0.1, 0.15) is 0 Å². The zero-order valence-corrected chi connectivity index (χ0v) is 24.6. The first-order chi connectivity index (χ1) is 20.8. The molecule has 2 aliphatic heterocycles. The largest absolute Gasteiger partial charge is 0.333 e. The van der Waals surface area contributed by atoms with Gasteiger partial charge in [0, 0.05) is 41.7 Å². The van der Waals surface area contributed by atoms with E-state index in [1.807, 2.05) is 60.8 Å². The molecule has 3 aromatic carbocycles. The van der Waals surface area contributed by atoms with Gasteiger partial charge in [0.05, 0.1) is 40.2 Å². The van der Waals surface area contributed by atoms with Crippen LogP contribution in [0.15, 0.2) is 96.1 Å². The lowest BCUT2D eigenvalue weighted by Gasteiger charge is -2.32. The van der Waals surface area contributed by atoms with E-state index in [-0.39, 0.29) is 17.8 Å². The summed E-state index contributed by atoms with van der Waals surface area (Å²) in [5.74, 6) is 0. The molecule has 9 heteroatoms.